The second-order valence-corrected chi connectivity index (χ2v) is 5.97. The lowest BCUT2D eigenvalue weighted by Crippen LogP contribution is -2.04. The Morgan fingerprint density at radius 1 is 0.920 bits per heavy atom. The summed E-state index contributed by atoms with van der Waals surface area (Å²) in [6.45, 7) is 3.72. The van der Waals surface area contributed by atoms with Crippen LogP contribution in [0.1, 0.15) is 18.9 Å². The SMILES string of the molecule is CCc1ccc(OCCCn2ccc3c(OC)cc(OC)cc32)cc1. The molecule has 2 aromatic carbocycles. The van der Waals surface area contributed by atoms with Gasteiger partial charge >= 0.3 is 0 Å². The lowest BCUT2D eigenvalue weighted by atomic mass is 10.2. The minimum absolute atomic E-state index is 0.687. The number of aryl methyl sites for hydroxylation is 2. The number of benzene rings is 2. The highest BCUT2D eigenvalue weighted by atomic mass is 16.5. The Kier molecular flexibility index (Phi) is 5.49. The highest BCUT2D eigenvalue weighted by Crippen LogP contribution is 2.32. The molecule has 0 spiro atoms. The van der Waals surface area contributed by atoms with Crippen LogP contribution in [0.25, 0.3) is 10.9 Å². The maximum absolute atomic E-state index is 5.84. The second kappa shape index (κ2) is 7.97. The number of nitrogens with zero attached hydrogens (tertiary/aromatic N) is 1. The summed E-state index contributed by atoms with van der Waals surface area (Å²) in [5.74, 6) is 2.56. The first-order valence-corrected chi connectivity index (χ1v) is 8.67. The summed E-state index contributed by atoms with van der Waals surface area (Å²) < 4.78 is 18.9. The van der Waals surface area contributed by atoms with E-state index in [0.29, 0.717) is 6.61 Å². The Morgan fingerprint density at radius 3 is 2.40 bits per heavy atom. The van der Waals surface area contributed by atoms with Crippen molar-refractivity contribution >= 4 is 10.9 Å². The van der Waals surface area contributed by atoms with Gasteiger partial charge in [-0.15, -0.1) is 0 Å². The number of rotatable bonds is 8. The Balaban J connectivity index is 1.63. The van der Waals surface area contributed by atoms with Crippen molar-refractivity contribution in [3.05, 3.63) is 54.2 Å². The van der Waals surface area contributed by atoms with Crippen LogP contribution < -0.4 is 14.2 Å². The molecule has 1 heterocycles. The molecule has 0 amide bonds. The zero-order valence-corrected chi connectivity index (χ0v) is 15.1. The Morgan fingerprint density at radius 2 is 1.72 bits per heavy atom. The molecule has 25 heavy (non-hydrogen) atoms. The van der Waals surface area contributed by atoms with Gasteiger partial charge in [0.2, 0.25) is 0 Å². The Hall–Kier alpha value is -2.62. The van der Waals surface area contributed by atoms with Crippen LogP contribution in [-0.2, 0) is 13.0 Å². The molecule has 0 aliphatic heterocycles. The molecule has 3 aromatic rings. The van der Waals surface area contributed by atoms with Gasteiger partial charge in [0.25, 0.3) is 0 Å². The standard InChI is InChI=1S/C21H25NO3/c1-4-16-6-8-17(9-7-16)25-13-5-11-22-12-10-19-20(22)14-18(23-2)15-21(19)24-3/h6-10,12,14-15H,4-5,11,13H2,1-3H3. The van der Waals surface area contributed by atoms with Gasteiger partial charge in [0.15, 0.2) is 0 Å². The molecular formula is C21H25NO3. The highest BCUT2D eigenvalue weighted by molar-refractivity contribution is 5.88. The fourth-order valence-corrected chi connectivity index (χ4v) is 2.97. The molecule has 132 valence electrons. The third-order valence-corrected chi connectivity index (χ3v) is 4.42. The van der Waals surface area contributed by atoms with Crippen molar-refractivity contribution in [3.63, 3.8) is 0 Å². The van der Waals surface area contributed by atoms with Crippen molar-refractivity contribution in [2.24, 2.45) is 0 Å². The fourth-order valence-electron chi connectivity index (χ4n) is 2.97. The van der Waals surface area contributed by atoms with Crippen molar-refractivity contribution in [2.45, 2.75) is 26.3 Å². The van der Waals surface area contributed by atoms with Crippen molar-refractivity contribution in [1.29, 1.82) is 0 Å². The summed E-state index contributed by atoms with van der Waals surface area (Å²) in [5.41, 5.74) is 2.44. The number of methoxy groups -OCH3 is 2. The average molecular weight is 339 g/mol. The molecule has 0 fully saturated rings. The lowest BCUT2D eigenvalue weighted by molar-refractivity contribution is 0.302. The maximum atomic E-state index is 5.84. The number of hydrogen-bond donors (Lipinski definition) is 0. The van der Waals surface area contributed by atoms with Crippen molar-refractivity contribution in [1.82, 2.24) is 4.57 Å². The smallest absolute Gasteiger partial charge is 0.131 e. The van der Waals surface area contributed by atoms with E-state index in [1.54, 1.807) is 14.2 Å². The zero-order chi connectivity index (χ0) is 17.6. The summed E-state index contributed by atoms with van der Waals surface area (Å²) in [4.78, 5) is 0. The van der Waals surface area contributed by atoms with Gasteiger partial charge in [-0.2, -0.15) is 0 Å². The van der Waals surface area contributed by atoms with E-state index >= 15 is 0 Å². The zero-order valence-electron chi connectivity index (χ0n) is 15.1. The Labute approximate surface area is 148 Å². The van der Waals surface area contributed by atoms with Gasteiger partial charge in [-0.05, 0) is 36.6 Å². The fraction of sp³-hybridized carbons (Fsp3) is 0.333. The topological polar surface area (TPSA) is 32.6 Å². The molecule has 0 saturated heterocycles. The van der Waals surface area contributed by atoms with Gasteiger partial charge in [-0.1, -0.05) is 19.1 Å². The van der Waals surface area contributed by atoms with Crippen LogP contribution in [-0.4, -0.2) is 25.4 Å². The molecule has 0 bridgehead atoms. The van der Waals surface area contributed by atoms with Crippen molar-refractivity contribution < 1.29 is 14.2 Å². The third kappa shape index (κ3) is 3.90. The van der Waals surface area contributed by atoms with Crippen LogP contribution in [0.5, 0.6) is 17.2 Å². The maximum Gasteiger partial charge on any atom is 0.131 e. The van der Waals surface area contributed by atoms with Crippen molar-refractivity contribution in [3.8, 4) is 17.2 Å². The van der Waals surface area contributed by atoms with E-state index in [4.69, 9.17) is 14.2 Å². The number of hydrogen-bond acceptors (Lipinski definition) is 3. The summed E-state index contributed by atoms with van der Waals surface area (Å²) in [6.07, 6.45) is 4.06. The molecule has 0 unspecified atom stereocenters. The molecular weight excluding hydrogens is 314 g/mol. The number of fused-ring (bicyclic) bond motifs is 1. The summed E-state index contributed by atoms with van der Waals surface area (Å²) in [6, 6.07) is 14.4. The molecule has 0 saturated carbocycles. The molecule has 0 N–H and O–H groups in total. The average Bonchev–Trinajstić information content (AvgIpc) is 3.07. The van der Waals surface area contributed by atoms with Crippen LogP contribution >= 0.6 is 0 Å². The van der Waals surface area contributed by atoms with E-state index < -0.39 is 0 Å². The molecule has 3 rings (SSSR count). The molecule has 4 nitrogen and oxygen atoms in total. The van der Waals surface area contributed by atoms with Gasteiger partial charge in [0, 0.05) is 30.3 Å². The summed E-state index contributed by atoms with van der Waals surface area (Å²) in [5, 5.41) is 1.10. The van der Waals surface area contributed by atoms with Gasteiger partial charge in [-0.25, -0.2) is 0 Å². The monoisotopic (exact) mass is 339 g/mol. The first-order valence-electron chi connectivity index (χ1n) is 8.67. The molecule has 0 radical (unpaired) electrons. The van der Waals surface area contributed by atoms with Gasteiger partial charge in [0.1, 0.15) is 17.2 Å². The molecule has 0 aliphatic rings. The summed E-state index contributed by atoms with van der Waals surface area (Å²) in [7, 11) is 3.36. The predicted molar refractivity (Wildman–Crippen MR) is 101 cm³/mol. The third-order valence-electron chi connectivity index (χ3n) is 4.42. The first kappa shape index (κ1) is 17.2. The van der Waals surface area contributed by atoms with E-state index in [0.717, 1.165) is 47.5 Å². The first-order chi connectivity index (χ1) is 12.2. The van der Waals surface area contributed by atoms with E-state index in [2.05, 4.69) is 35.9 Å². The number of aromatic nitrogens is 1. The number of ether oxygens (including phenoxy) is 3. The minimum atomic E-state index is 0.687. The molecule has 0 aliphatic carbocycles. The van der Waals surface area contributed by atoms with E-state index in [1.165, 1.54) is 5.56 Å². The molecule has 4 heteroatoms. The van der Waals surface area contributed by atoms with Crippen LogP contribution in [0.15, 0.2) is 48.7 Å². The van der Waals surface area contributed by atoms with Crippen LogP contribution in [0.2, 0.25) is 0 Å². The van der Waals surface area contributed by atoms with E-state index in [1.807, 2.05) is 24.3 Å². The summed E-state index contributed by atoms with van der Waals surface area (Å²) >= 11 is 0. The van der Waals surface area contributed by atoms with Crippen LogP contribution in [0.3, 0.4) is 0 Å². The highest BCUT2D eigenvalue weighted by Gasteiger charge is 2.09. The van der Waals surface area contributed by atoms with Gasteiger partial charge in [0.05, 0.1) is 26.3 Å². The normalized spacial score (nSPS) is 10.8. The van der Waals surface area contributed by atoms with Gasteiger partial charge in [-0.3, -0.25) is 0 Å². The molecule has 0 atom stereocenters. The largest absolute Gasteiger partial charge is 0.497 e. The van der Waals surface area contributed by atoms with Gasteiger partial charge < -0.3 is 18.8 Å². The molecule has 1 aromatic heterocycles. The Bertz CT molecular complexity index is 821. The predicted octanol–water partition coefficient (Wildman–Crippen LogP) is 4.69. The van der Waals surface area contributed by atoms with E-state index in [9.17, 15) is 0 Å². The van der Waals surface area contributed by atoms with Crippen LogP contribution in [0, 0.1) is 0 Å². The minimum Gasteiger partial charge on any atom is -0.497 e. The van der Waals surface area contributed by atoms with Crippen molar-refractivity contribution in [2.75, 3.05) is 20.8 Å². The lowest BCUT2D eigenvalue weighted by Gasteiger charge is -2.10. The quantitative estimate of drug-likeness (QED) is 0.558. The van der Waals surface area contributed by atoms with E-state index in [-0.39, 0.29) is 0 Å². The van der Waals surface area contributed by atoms with Crippen LogP contribution in [0.4, 0.5) is 0 Å². The second-order valence-electron chi connectivity index (χ2n) is 5.97.